The number of para-hydroxylation sites is 1. The number of fused-ring (bicyclic) bond motifs is 1. The predicted octanol–water partition coefficient (Wildman–Crippen LogP) is 2.53. The predicted molar refractivity (Wildman–Crippen MR) is 141 cm³/mol. The lowest BCUT2D eigenvalue weighted by Crippen LogP contribution is -2.46. The van der Waals surface area contributed by atoms with E-state index in [-0.39, 0.29) is 17.0 Å². The van der Waals surface area contributed by atoms with Gasteiger partial charge in [0, 0.05) is 12.0 Å². The smallest absolute Gasteiger partial charge is 0.326 e. The number of carboxylic acids is 1. The van der Waals surface area contributed by atoms with Gasteiger partial charge in [-0.3, -0.25) is 4.79 Å². The average Bonchev–Trinajstić information content (AvgIpc) is 3.30. The molecule has 0 spiro atoms. The minimum atomic E-state index is -2.71. The normalized spacial score (nSPS) is 16.0. The molecule has 0 aromatic heterocycles. The van der Waals surface area contributed by atoms with Gasteiger partial charge in [-0.15, -0.1) is 0 Å². The number of carbonyl (C=O) groups is 2. The highest BCUT2D eigenvalue weighted by Crippen LogP contribution is 2.26. The Morgan fingerprint density at radius 2 is 1.81 bits per heavy atom. The van der Waals surface area contributed by atoms with Crippen molar-refractivity contribution >= 4 is 38.4 Å². The Hall–Kier alpha value is -3.50. The van der Waals surface area contributed by atoms with Gasteiger partial charge in [0.25, 0.3) is 5.91 Å². The number of nitrogens with zero attached hydrogens (tertiary/aromatic N) is 1. The zero-order chi connectivity index (χ0) is 26.2. The van der Waals surface area contributed by atoms with Crippen LogP contribution in [0.1, 0.15) is 43.2 Å². The van der Waals surface area contributed by atoms with E-state index in [0.717, 1.165) is 31.8 Å². The Bertz CT molecular complexity index is 1290. The van der Waals surface area contributed by atoms with Crippen LogP contribution < -0.4 is 15.4 Å². The summed E-state index contributed by atoms with van der Waals surface area (Å²) >= 11 is 0. The minimum absolute atomic E-state index is 0.0215. The molecule has 2 aromatic carbocycles. The van der Waals surface area contributed by atoms with Gasteiger partial charge in [0.1, 0.15) is 16.7 Å². The molecule has 1 atom stereocenters. The molecule has 37 heavy (non-hydrogen) atoms. The van der Waals surface area contributed by atoms with Crippen LogP contribution in [-0.4, -0.2) is 61.7 Å². The second-order valence-electron chi connectivity index (χ2n) is 9.29. The fourth-order valence-corrected chi connectivity index (χ4v) is 5.31. The van der Waals surface area contributed by atoms with Gasteiger partial charge >= 0.3 is 5.97 Å². The summed E-state index contributed by atoms with van der Waals surface area (Å²) in [5.41, 5.74) is 1.04. The molecule has 2 heterocycles. The number of hydrogen-bond donors (Lipinski definition) is 3. The molecular formula is C27H31N3O6S. The Balaban J connectivity index is 1.29. The summed E-state index contributed by atoms with van der Waals surface area (Å²) in [4.78, 5) is 28.6. The van der Waals surface area contributed by atoms with E-state index >= 15 is 0 Å². The van der Waals surface area contributed by atoms with Crippen LogP contribution in [0.3, 0.4) is 0 Å². The molecule has 10 heteroatoms. The van der Waals surface area contributed by atoms with Crippen molar-refractivity contribution < 1.29 is 27.9 Å². The largest absolute Gasteiger partial charge is 0.494 e. The Kier molecular flexibility index (Phi) is 9.08. The number of benzene rings is 2. The molecule has 1 fully saturated rings. The number of rotatable bonds is 11. The van der Waals surface area contributed by atoms with Crippen molar-refractivity contribution in [2.24, 2.45) is 10.9 Å². The Morgan fingerprint density at radius 3 is 2.51 bits per heavy atom. The number of aliphatic carboxylic acids is 1. The van der Waals surface area contributed by atoms with Gasteiger partial charge in [-0.25, -0.2) is 9.79 Å². The molecular weight excluding hydrogens is 494 g/mol. The molecule has 0 aliphatic carbocycles. The van der Waals surface area contributed by atoms with E-state index in [0.29, 0.717) is 29.2 Å². The van der Waals surface area contributed by atoms with Gasteiger partial charge in [0.05, 0.1) is 12.3 Å². The van der Waals surface area contributed by atoms with Crippen molar-refractivity contribution in [3.63, 3.8) is 0 Å². The zero-order valence-electron chi connectivity index (χ0n) is 20.5. The molecule has 1 saturated heterocycles. The highest BCUT2D eigenvalue weighted by Gasteiger charge is 2.31. The minimum Gasteiger partial charge on any atom is -0.494 e. The summed E-state index contributed by atoms with van der Waals surface area (Å²) in [5, 5.41) is 15.5. The summed E-state index contributed by atoms with van der Waals surface area (Å²) in [7, 11) is -2.71. The average molecular weight is 526 g/mol. The first-order chi connectivity index (χ1) is 17.9. The molecule has 1 unspecified atom stereocenters. The maximum Gasteiger partial charge on any atom is 0.326 e. The van der Waals surface area contributed by atoms with E-state index in [9.17, 15) is 23.1 Å². The van der Waals surface area contributed by atoms with Crippen LogP contribution >= 0.6 is 0 Å². The molecule has 3 N–H and O–H groups in total. The topological polar surface area (TPSA) is 134 Å². The van der Waals surface area contributed by atoms with Crippen LogP contribution in [0, 0.1) is 5.92 Å². The van der Waals surface area contributed by atoms with E-state index in [1.54, 1.807) is 48.5 Å². The highest BCUT2D eigenvalue weighted by molar-refractivity contribution is 7.75. The number of nitrogens with one attached hydrogen (secondary N) is 2. The van der Waals surface area contributed by atoms with Crippen LogP contribution in [0.2, 0.25) is 0 Å². The molecule has 1 amide bonds. The number of carboxylic acid groups (broad SMARTS) is 1. The van der Waals surface area contributed by atoms with Crippen LogP contribution in [0.25, 0.3) is 0 Å². The first-order valence-corrected chi connectivity index (χ1v) is 13.6. The molecule has 2 aliphatic heterocycles. The van der Waals surface area contributed by atoms with E-state index in [4.69, 9.17) is 4.74 Å². The van der Waals surface area contributed by atoms with Crippen molar-refractivity contribution in [3.8, 4) is 5.75 Å². The fraction of sp³-hybridized carbons (Fsp3) is 0.407. The van der Waals surface area contributed by atoms with Gasteiger partial charge in [-0.2, -0.15) is 8.42 Å². The van der Waals surface area contributed by atoms with Crippen LogP contribution in [0.4, 0.5) is 5.69 Å². The maximum absolute atomic E-state index is 12.8. The van der Waals surface area contributed by atoms with Crippen molar-refractivity contribution in [2.75, 3.05) is 19.7 Å². The van der Waals surface area contributed by atoms with Crippen molar-refractivity contribution in [1.82, 2.24) is 10.6 Å². The van der Waals surface area contributed by atoms with Crippen molar-refractivity contribution in [1.29, 1.82) is 0 Å². The summed E-state index contributed by atoms with van der Waals surface area (Å²) in [5.74, 6) is -0.571. The van der Waals surface area contributed by atoms with Gasteiger partial charge in [-0.1, -0.05) is 36.8 Å². The van der Waals surface area contributed by atoms with E-state index in [2.05, 4.69) is 15.6 Å². The monoisotopic (exact) mass is 525 g/mol. The third kappa shape index (κ3) is 7.05. The number of amides is 1. The first-order valence-electron chi connectivity index (χ1n) is 12.5. The van der Waals surface area contributed by atoms with E-state index < -0.39 is 28.2 Å². The Labute approximate surface area is 217 Å². The summed E-state index contributed by atoms with van der Waals surface area (Å²) < 4.78 is 29.4. The molecule has 2 aliphatic rings. The van der Waals surface area contributed by atoms with Crippen LogP contribution in [-0.2, 0) is 26.3 Å². The lowest BCUT2D eigenvalue weighted by Gasteiger charge is -2.22. The van der Waals surface area contributed by atoms with Crippen molar-refractivity contribution in [3.05, 3.63) is 59.7 Å². The molecule has 2 aromatic rings. The Morgan fingerprint density at radius 1 is 1.08 bits per heavy atom. The lowest BCUT2D eigenvalue weighted by molar-refractivity contribution is -0.140. The van der Waals surface area contributed by atoms with Gasteiger partial charge in [0.2, 0.25) is 10.3 Å². The second-order valence-corrected chi connectivity index (χ2v) is 10.2. The van der Waals surface area contributed by atoms with Gasteiger partial charge < -0.3 is 20.5 Å². The molecule has 0 radical (unpaired) electrons. The standard InChI is InChI=1S/C27H31N3O6S/c31-26(24-25(37(34)35)21-6-1-2-7-22(21)29-24)30-23(27(32)33)17-19-8-10-20(11-9-19)36-16-4-3-5-18-12-14-28-15-13-18/h1-2,6-11,18,23,28H,3-5,12-17H2,(H,30,31)(H,32,33). The number of ether oxygens (including phenoxy) is 1. The number of carbonyl (C=O) groups excluding carboxylic acids is 1. The summed E-state index contributed by atoms with van der Waals surface area (Å²) in [6.45, 7) is 2.86. The van der Waals surface area contributed by atoms with E-state index in [1.165, 1.54) is 19.3 Å². The maximum atomic E-state index is 12.8. The number of piperidine rings is 1. The number of hydrogen-bond acceptors (Lipinski definition) is 7. The SMILES string of the molecule is O=C(NC(Cc1ccc(OCCCCC2CCNCC2)cc1)C(=O)O)C1=Nc2ccccc2C1=S(=O)=O. The second kappa shape index (κ2) is 12.6. The number of unbranched alkanes of at least 4 members (excludes halogenated alkanes) is 1. The van der Waals surface area contributed by atoms with Gasteiger partial charge in [0.15, 0.2) is 5.71 Å². The lowest BCUT2D eigenvalue weighted by atomic mass is 9.93. The zero-order valence-corrected chi connectivity index (χ0v) is 21.3. The molecule has 0 bridgehead atoms. The van der Waals surface area contributed by atoms with Crippen LogP contribution in [0.5, 0.6) is 5.75 Å². The summed E-state index contributed by atoms with van der Waals surface area (Å²) in [6.07, 6.45) is 5.87. The van der Waals surface area contributed by atoms with E-state index in [1.807, 2.05) is 0 Å². The molecule has 4 rings (SSSR count). The summed E-state index contributed by atoms with van der Waals surface area (Å²) in [6, 6.07) is 12.3. The third-order valence-corrected chi connectivity index (χ3v) is 7.43. The fourth-order valence-electron chi connectivity index (χ4n) is 4.66. The quantitative estimate of drug-likeness (QED) is 0.303. The first kappa shape index (κ1) is 26.6. The highest BCUT2D eigenvalue weighted by atomic mass is 32.2. The third-order valence-electron chi connectivity index (χ3n) is 6.68. The van der Waals surface area contributed by atoms with Crippen molar-refractivity contribution in [2.45, 2.75) is 44.6 Å². The molecule has 196 valence electrons. The number of aliphatic imine (C=N–C) groups is 1. The molecule has 9 nitrogen and oxygen atoms in total. The van der Waals surface area contributed by atoms with Gasteiger partial charge in [-0.05, 0) is 68.5 Å². The van der Waals surface area contributed by atoms with Crippen LogP contribution in [0.15, 0.2) is 53.5 Å². The molecule has 0 saturated carbocycles.